The molecule has 0 aromatic rings. The van der Waals surface area contributed by atoms with Crippen LogP contribution in [-0.2, 0) is 0 Å². The molecule has 14 heavy (non-hydrogen) atoms. The maximum Gasteiger partial charge on any atom is 0.211 e. The van der Waals surface area contributed by atoms with Crippen LogP contribution in [0.4, 0.5) is 0 Å². The van der Waals surface area contributed by atoms with Crippen molar-refractivity contribution in [2.75, 3.05) is 0 Å². The first-order chi connectivity index (χ1) is 6.74. The Kier molecular flexibility index (Phi) is 39.3. The molecule has 0 aliphatic heterocycles. The summed E-state index contributed by atoms with van der Waals surface area (Å²) in [5, 5.41) is 0. The summed E-state index contributed by atoms with van der Waals surface area (Å²) < 4.78 is 0. The number of nitrogens with zero attached hydrogens (tertiary/aromatic N) is 2. The summed E-state index contributed by atoms with van der Waals surface area (Å²) in [5.41, 5.74) is 22.0. The van der Waals surface area contributed by atoms with Crippen molar-refractivity contribution in [1.82, 2.24) is 9.82 Å². The third-order valence-corrected chi connectivity index (χ3v) is 1.46. The largest absolute Gasteiger partial charge is 0.211 e. The molecule has 0 spiro atoms. The Bertz CT molecular complexity index is 126. The van der Waals surface area contributed by atoms with Crippen molar-refractivity contribution in [3.63, 3.8) is 0 Å². The van der Waals surface area contributed by atoms with Gasteiger partial charge in [-0.05, 0) is 0 Å². The van der Waals surface area contributed by atoms with Gasteiger partial charge in [0.2, 0.25) is 9.82 Å². The van der Waals surface area contributed by atoms with Crippen molar-refractivity contribution >= 4 is 0 Å². The first kappa shape index (κ1) is 18.4. The van der Waals surface area contributed by atoms with E-state index in [1.165, 1.54) is 38.5 Å². The van der Waals surface area contributed by atoms with Crippen molar-refractivity contribution in [2.45, 2.75) is 52.4 Å². The molecule has 0 heterocycles. The lowest BCUT2D eigenvalue weighted by atomic mass is 10.1. The van der Waals surface area contributed by atoms with Gasteiger partial charge in [0.25, 0.3) is 0 Å². The van der Waals surface area contributed by atoms with Crippen molar-refractivity contribution in [1.29, 1.82) is 22.1 Å². The van der Waals surface area contributed by atoms with E-state index in [4.69, 9.17) is 22.1 Å². The van der Waals surface area contributed by atoms with Gasteiger partial charge >= 0.3 is 0 Å². The van der Waals surface area contributed by atoms with Gasteiger partial charge in [-0.15, -0.1) is 0 Å². The summed E-state index contributed by atoms with van der Waals surface area (Å²) in [6.07, 6.45) is 8.49. The second-order valence-corrected chi connectivity index (χ2v) is 2.64. The molecule has 0 saturated carbocycles. The topological polar surface area (TPSA) is 124 Å². The molecule has 0 bridgehead atoms. The normalized spacial score (nSPS) is 6.71. The summed E-state index contributed by atoms with van der Waals surface area (Å²) in [6, 6.07) is 0. The zero-order valence-corrected chi connectivity index (χ0v) is 9.14. The average molecular weight is 202 g/mol. The second-order valence-electron chi connectivity index (χ2n) is 2.64. The molecule has 0 aliphatic rings. The van der Waals surface area contributed by atoms with Crippen molar-refractivity contribution in [2.24, 2.45) is 0 Å². The number of rotatable bonds is 5. The lowest BCUT2D eigenvalue weighted by molar-refractivity contribution is 0.624. The Labute approximate surface area is 85.2 Å². The van der Waals surface area contributed by atoms with E-state index in [0.29, 0.717) is 0 Å². The first-order valence-corrected chi connectivity index (χ1v) is 4.81. The molecule has 6 heteroatoms. The lowest BCUT2D eigenvalue weighted by Gasteiger charge is -1.93. The van der Waals surface area contributed by atoms with Crippen LogP contribution in [0.25, 0.3) is 0 Å². The van der Waals surface area contributed by atoms with E-state index in [1.807, 2.05) is 9.82 Å². The minimum atomic E-state index is 1.36. The Balaban J connectivity index is -0.000000168. The SMILES string of the molecule is CCCCCCCC.N=[N+]=N.N=[N+]=N. The standard InChI is InChI=1S/C8H18.2H2N3/c1-3-5-7-8-6-4-2;2*1-3-2/h3-8H2,1-2H3;2*1-2H/q;2*+1. The predicted molar refractivity (Wildman–Crippen MR) is 54.2 cm³/mol. The van der Waals surface area contributed by atoms with Gasteiger partial charge in [-0.25, -0.2) is 0 Å². The molecule has 4 N–H and O–H groups in total. The average Bonchev–Trinajstić information content (AvgIpc) is 2.15. The van der Waals surface area contributed by atoms with E-state index in [2.05, 4.69) is 13.8 Å². The molecule has 0 radical (unpaired) electrons. The summed E-state index contributed by atoms with van der Waals surface area (Å²) in [5.74, 6) is 0. The highest BCUT2D eigenvalue weighted by Crippen LogP contribution is 2.03. The third-order valence-electron chi connectivity index (χ3n) is 1.46. The molecule has 0 aromatic heterocycles. The van der Waals surface area contributed by atoms with Crippen molar-refractivity contribution in [3.05, 3.63) is 0 Å². The molecule has 0 amide bonds. The minimum Gasteiger partial charge on any atom is -0.0654 e. The van der Waals surface area contributed by atoms with E-state index in [-0.39, 0.29) is 0 Å². The highest BCUT2D eigenvalue weighted by Gasteiger charge is 1.83. The fraction of sp³-hybridized carbons (Fsp3) is 1.00. The summed E-state index contributed by atoms with van der Waals surface area (Å²) in [6.45, 7) is 4.51. The van der Waals surface area contributed by atoms with Crippen LogP contribution in [0, 0.1) is 22.1 Å². The van der Waals surface area contributed by atoms with Crippen LogP contribution in [0.3, 0.4) is 0 Å². The van der Waals surface area contributed by atoms with E-state index in [9.17, 15) is 0 Å². The van der Waals surface area contributed by atoms with Gasteiger partial charge in [0.05, 0.1) is 0 Å². The second kappa shape index (κ2) is 29.9. The molecule has 0 atom stereocenters. The Morgan fingerprint density at radius 3 is 1.00 bits per heavy atom. The van der Waals surface area contributed by atoms with E-state index in [1.54, 1.807) is 0 Å². The van der Waals surface area contributed by atoms with Crippen LogP contribution < -0.4 is 9.82 Å². The summed E-state index contributed by atoms with van der Waals surface area (Å²) in [7, 11) is 0. The van der Waals surface area contributed by atoms with Gasteiger partial charge in [-0.2, -0.15) is 0 Å². The monoisotopic (exact) mass is 202 g/mol. The number of unbranched alkanes of at least 4 members (excludes halogenated alkanes) is 5. The van der Waals surface area contributed by atoms with Crippen LogP contribution in [0.1, 0.15) is 52.4 Å². The van der Waals surface area contributed by atoms with Gasteiger partial charge < -0.3 is 0 Å². The highest BCUT2D eigenvalue weighted by atomic mass is 15.0. The molecular weight excluding hydrogens is 180 g/mol. The molecule has 0 saturated heterocycles. The molecule has 0 unspecified atom stereocenters. The van der Waals surface area contributed by atoms with Gasteiger partial charge in [0.1, 0.15) is 22.1 Å². The summed E-state index contributed by atoms with van der Waals surface area (Å²) in [4.78, 5) is 4.00. The van der Waals surface area contributed by atoms with E-state index >= 15 is 0 Å². The highest BCUT2D eigenvalue weighted by molar-refractivity contribution is 4.39. The van der Waals surface area contributed by atoms with Gasteiger partial charge in [-0.3, -0.25) is 0 Å². The maximum atomic E-state index is 5.50. The molecule has 0 rings (SSSR count). The van der Waals surface area contributed by atoms with E-state index in [0.717, 1.165) is 0 Å². The fourth-order valence-electron chi connectivity index (χ4n) is 0.854. The third kappa shape index (κ3) is 75.0. The van der Waals surface area contributed by atoms with Gasteiger partial charge in [0, 0.05) is 0 Å². The van der Waals surface area contributed by atoms with Crippen molar-refractivity contribution in [3.8, 4) is 0 Å². The Morgan fingerprint density at radius 1 is 0.643 bits per heavy atom. The molecule has 6 nitrogen and oxygen atoms in total. The smallest absolute Gasteiger partial charge is 0.0654 e. The van der Waals surface area contributed by atoms with Crippen molar-refractivity contribution < 1.29 is 0 Å². The zero-order valence-electron chi connectivity index (χ0n) is 9.14. The summed E-state index contributed by atoms with van der Waals surface area (Å²) >= 11 is 0. The molecule has 82 valence electrons. The van der Waals surface area contributed by atoms with Crippen LogP contribution in [0.15, 0.2) is 0 Å². The predicted octanol–water partition coefficient (Wildman–Crippen LogP) is 3.60. The van der Waals surface area contributed by atoms with Crippen LogP contribution in [0.2, 0.25) is 0 Å². The van der Waals surface area contributed by atoms with E-state index < -0.39 is 0 Å². The quantitative estimate of drug-likeness (QED) is 0.295. The molecular formula is C8H22N6+2. The fourth-order valence-corrected chi connectivity index (χ4v) is 0.854. The molecule has 0 fully saturated rings. The number of nitrogens with one attached hydrogen (secondary N) is 4. The van der Waals surface area contributed by atoms with Gasteiger partial charge in [0.15, 0.2) is 0 Å². The molecule has 0 aliphatic carbocycles. The van der Waals surface area contributed by atoms with Gasteiger partial charge in [-0.1, -0.05) is 52.4 Å². The number of hydrogen-bond donors (Lipinski definition) is 4. The van der Waals surface area contributed by atoms with Crippen LogP contribution in [-0.4, -0.2) is 0 Å². The number of hydrogen-bond acceptors (Lipinski definition) is 4. The zero-order chi connectivity index (χ0) is 11.7. The van der Waals surface area contributed by atoms with Crippen LogP contribution >= 0.6 is 0 Å². The molecule has 0 aromatic carbocycles. The minimum absolute atomic E-state index is 1.36. The first-order valence-electron chi connectivity index (χ1n) is 4.81. The Hall–Kier alpha value is -1.38. The maximum absolute atomic E-state index is 5.50. The lowest BCUT2D eigenvalue weighted by Crippen LogP contribution is -1.73. The van der Waals surface area contributed by atoms with Crippen LogP contribution in [0.5, 0.6) is 0 Å². The Morgan fingerprint density at radius 2 is 0.857 bits per heavy atom.